The molecule has 1 N–H and O–H groups in total. The average Bonchev–Trinajstić information content (AvgIpc) is 3.17. The molecule has 1 fully saturated rings. The van der Waals surface area contributed by atoms with Gasteiger partial charge in [0.05, 0.1) is 37.5 Å². The monoisotopic (exact) mass is 572 g/mol. The van der Waals surface area contributed by atoms with Gasteiger partial charge in [0.25, 0.3) is 0 Å². The van der Waals surface area contributed by atoms with E-state index in [0.717, 1.165) is 11.0 Å². The van der Waals surface area contributed by atoms with Gasteiger partial charge in [-0.1, -0.05) is 50.6 Å². The Hall–Kier alpha value is -3.05. The molecule has 2 heterocycles. The van der Waals surface area contributed by atoms with Crippen molar-refractivity contribution in [1.29, 1.82) is 0 Å². The minimum absolute atomic E-state index is 0.00738. The molecule has 1 aromatic heterocycles. The highest BCUT2D eigenvalue weighted by atomic mass is 35.5. The molecule has 0 radical (unpaired) electrons. The van der Waals surface area contributed by atoms with E-state index in [1.165, 1.54) is 7.11 Å². The average molecular weight is 573 g/mol. The number of benzene rings is 1. The summed E-state index contributed by atoms with van der Waals surface area (Å²) in [4.78, 5) is 31.0. The van der Waals surface area contributed by atoms with Gasteiger partial charge in [0.15, 0.2) is 0 Å². The van der Waals surface area contributed by atoms with Gasteiger partial charge in [-0.05, 0) is 37.0 Å². The zero-order valence-electron chi connectivity index (χ0n) is 22.5. The standard InChI is InChI=1S/C27H32ClF3N2O6/c1-14(2)39-25(36)33-20(17-9-7-8-10-18(17)28)22(19(26(3,4)5)21(33)24(34)35)38-13-15-11-16(27(29,30)31)12-32-23(15)37-6/h7-12,14,19-22H,13H2,1-6H3,(H,34,35)/t19-,20+,21+,22+/m1/s1. The first-order chi connectivity index (χ1) is 18.1. The Labute approximate surface area is 230 Å². The van der Waals surface area contributed by atoms with Gasteiger partial charge >= 0.3 is 18.2 Å². The van der Waals surface area contributed by atoms with Crippen LogP contribution in [0.25, 0.3) is 0 Å². The maximum atomic E-state index is 13.4. The lowest BCUT2D eigenvalue weighted by molar-refractivity contribution is -0.145. The molecule has 39 heavy (non-hydrogen) atoms. The number of alkyl halides is 3. The summed E-state index contributed by atoms with van der Waals surface area (Å²) in [5, 5.41) is 10.6. The lowest BCUT2D eigenvalue weighted by atomic mass is 9.73. The fraction of sp³-hybridized carbons (Fsp3) is 0.519. The summed E-state index contributed by atoms with van der Waals surface area (Å²) >= 11 is 6.53. The largest absolute Gasteiger partial charge is 0.481 e. The van der Waals surface area contributed by atoms with Gasteiger partial charge in [0.2, 0.25) is 5.88 Å². The lowest BCUT2D eigenvalue weighted by Crippen LogP contribution is -2.47. The molecule has 0 aliphatic carbocycles. The molecule has 3 rings (SSSR count). The lowest BCUT2D eigenvalue weighted by Gasteiger charge is -2.34. The van der Waals surface area contributed by atoms with E-state index in [-0.39, 0.29) is 16.5 Å². The normalized spacial score (nSPS) is 21.8. The number of amides is 1. The van der Waals surface area contributed by atoms with E-state index >= 15 is 0 Å². The number of carbonyl (C=O) groups is 2. The number of methoxy groups -OCH3 is 1. The molecule has 1 amide bonds. The predicted molar refractivity (Wildman–Crippen MR) is 136 cm³/mol. The molecule has 1 aliphatic heterocycles. The molecule has 4 atom stereocenters. The number of rotatable bonds is 7. The molecular formula is C27H32ClF3N2O6. The van der Waals surface area contributed by atoms with Gasteiger partial charge in [0.1, 0.15) is 6.04 Å². The number of carboxylic acid groups (broad SMARTS) is 1. The quantitative estimate of drug-likeness (QED) is 0.412. The van der Waals surface area contributed by atoms with Crippen molar-refractivity contribution >= 4 is 23.7 Å². The third kappa shape index (κ3) is 6.58. The molecule has 214 valence electrons. The minimum atomic E-state index is -4.65. The van der Waals surface area contributed by atoms with Crippen LogP contribution in [0.4, 0.5) is 18.0 Å². The molecule has 8 nitrogen and oxygen atoms in total. The summed E-state index contributed by atoms with van der Waals surface area (Å²) in [6.07, 6.45) is -6.42. The Bertz CT molecular complexity index is 1200. The first-order valence-corrected chi connectivity index (χ1v) is 12.6. The van der Waals surface area contributed by atoms with E-state index in [1.54, 1.807) is 58.9 Å². The fourth-order valence-electron chi connectivity index (χ4n) is 4.97. The molecule has 1 saturated heterocycles. The summed E-state index contributed by atoms with van der Waals surface area (Å²) in [5.41, 5.74) is -1.31. The van der Waals surface area contributed by atoms with Crippen LogP contribution in [0.1, 0.15) is 57.4 Å². The number of likely N-dealkylation sites (tertiary alicyclic amines) is 1. The predicted octanol–water partition coefficient (Wildman–Crippen LogP) is 6.37. The molecule has 0 unspecified atom stereocenters. The molecular weight excluding hydrogens is 541 g/mol. The Morgan fingerprint density at radius 1 is 1.18 bits per heavy atom. The number of aliphatic carboxylic acids is 1. The molecule has 1 aromatic carbocycles. The van der Waals surface area contributed by atoms with Crippen molar-refractivity contribution in [2.24, 2.45) is 11.3 Å². The van der Waals surface area contributed by atoms with Crippen LogP contribution in [0.5, 0.6) is 5.88 Å². The van der Waals surface area contributed by atoms with Gasteiger partial charge < -0.3 is 19.3 Å². The number of hydrogen-bond acceptors (Lipinski definition) is 6. The highest BCUT2D eigenvalue weighted by molar-refractivity contribution is 6.31. The van der Waals surface area contributed by atoms with E-state index in [2.05, 4.69) is 4.98 Å². The maximum Gasteiger partial charge on any atom is 0.417 e. The van der Waals surface area contributed by atoms with Crippen molar-refractivity contribution in [1.82, 2.24) is 9.88 Å². The number of aromatic nitrogens is 1. The van der Waals surface area contributed by atoms with E-state index in [0.29, 0.717) is 11.8 Å². The summed E-state index contributed by atoms with van der Waals surface area (Å²) < 4.78 is 57.1. The molecule has 12 heteroatoms. The number of nitrogens with zero attached hydrogens (tertiary/aromatic N) is 2. The Morgan fingerprint density at radius 2 is 1.82 bits per heavy atom. The third-order valence-electron chi connectivity index (χ3n) is 6.51. The topological polar surface area (TPSA) is 98.2 Å². The number of pyridine rings is 1. The zero-order valence-corrected chi connectivity index (χ0v) is 23.2. The van der Waals surface area contributed by atoms with Crippen LogP contribution in [0.3, 0.4) is 0 Å². The maximum absolute atomic E-state index is 13.4. The first-order valence-electron chi connectivity index (χ1n) is 12.3. The van der Waals surface area contributed by atoms with Crippen LogP contribution in [0.2, 0.25) is 5.02 Å². The van der Waals surface area contributed by atoms with Crippen LogP contribution in [0.15, 0.2) is 36.5 Å². The Morgan fingerprint density at radius 3 is 2.33 bits per heavy atom. The van der Waals surface area contributed by atoms with Crippen LogP contribution < -0.4 is 4.74 Å². The Balaban J connectivity index is 2.18. The van der Waals surface area contributed by atoms with E-state index in [4.69, 9.17) is 25.8 Å². The smallest absolute Gasteiger partial charge is 0.417 e. The second-order valence-corrected chi connectivity index (χ2v) is 11.1. The summed E-state index contributed by atoms with van der Waals surface area (Å²) in [6, 6.07) is 5.07. The van der Waals surface area contributed by atoms with Gasteiger partial charge in [-0.15, -0.1) is 0 Å². The molecule has 0 bridgehead atoms. The van der Waals surface area contributed by atoms with E-state index < -0.39 is 66.0 Å². The van der Waals surface area contributed by atoms with E-state index in [9.17, 15) is 27.9 Å². The number of carbonyl (C=O) groups excluding carboxylic acids is 1. The van der Waals surface area contributed by atoms with Crippen molar-refractivity contribution < 1.29 is 42.1 Å². The van der Waals surface area contributed by atoms with E-state index in [1.807, 2.05) is 0 Å². The summed E-state index contributed by atoms with van der Waals surface area (Å²) in [6.45, 7) is 8.27. The van der Waals surface area contributed by atoms with Gasteiger partial charge in [0, 0.05) is 22.7 Å². The number of carboxylic acids is 1. The summed E-state index contributed by atoms with van der Waals surface area (Å²) in [7, 11) is 1.27. The molecule has 0 spiro atoms. The fourth-order valence-corrected chi connectivity index (χ4v) is 5.22. The number of hydrogen-bond donors (Lipinski definition) is 1. The van der Waals surface area contributed by atoms with Gasteiger partial charge in [-0.25, -0.2) is 14.6 Å². The number of halogens is 4. The first kappa shape index (κ1) is 30.5. The van der Waals surface area contributed by atoms with Crippen LogP contribution in [-0.4, -0.2) is 52.4 Å². The van der Waals surface area contributed by atoms with Crippen LogP contribution >= 0.6 is 11.6 Å². The second kappa shape index (κ2) is 11.6. The highest BCUT2D eigenvalue weighted by Crippen LogP contribution is 2.51. The van der Waals surface area contributed by atoms with Gasteiger partial charge in [-0.2, -0.15) is 13.2 Å². The van der Waals surface area contributed by atoms with Crippen molar-refractivity contribution in [3.8, 4) is 5.88 Å². The van der Waals surface area contributed by atoms with Gasteiger partial charge in [-0.3, -0.25) is 4.90 Å². The number of ether oxygens (including phenoxy) is 3. The Kier molecular flexibility index (Phi) is 9.06. The minimum Gasteiger partial charge on any atom is -0.481 e. The van der Waals surface area contributed by atoms with Crippen LogP contribution in [-0.2, 0) is 27.1 Å². The zero-order chi connectivity index (χ0) is 29.3. The van der Waals surface area contributed by atoms with Crippen molar-refractivity contribution in [3.05, 3.63) is 58.2 Å². The highest BCUT2D eigenvalue weighted by Gasteiger charge is 2.59. The van der Waals surface area contributed by atoms with Crippen molar-refractivity contribution in [3.63, 3.8) is 0 Å². The van der Waals surface area contributed by atoms with Crippen molar-refractivity contribution in [2.45, 2.75) is 71.7 Å². The molecule has 0 saturated carbocycles. The second-order valence-electron chi connectivity index (χ2n) is 10.6. The molecule has 2 aromatic rings. The van der Waals surface area contributed by atoms with Crippen LogP contribution in [0, 0.1) is 11.3 Å². The van der Waals surface area contributed by atoms with Crippen molar-refractivity contribution in [2.75, 3.05) is 7.11 Å². The third-order valence-corrected chi connectivity index (χ3v) is 6.85. The molecule has 1 aliphatic rings. The SMILES string of the molecule is COc1ncc(C(F)(F)F)cc1CO[C@H]1[C@H](C(C)(C)C)[C@@H](C(=O)O)N(C(=O)OC(C)C)[C@H]1c1ccccc1Cl. The summed E-state index contributed by atoms with van der Waals surface area (Å²) in [5.74, 6) is -2.17.